The topological polar surface area (TPSA) is 88.3 Å². The molecular formula is C13H20N4O2. The van der Waals surface area contributed by atoms with Crippen LogP contribution >= 0.6 is 0 Å². The maximum Gasteiger partial charge on any atom is 0.228 e. The van der Waals surface area contributed by atoms with Crippen molar-refractivity contribution in [3.63, 3.8) is 0 Å². The van der Waals surface area contributed by atoms with Crippen LogP contribution < -0.4 is 11.1 Å². The van der Waals surface area contributed by atoms with Crippen molar-refractivity contribution in [2.24, 2.45) is 5.92 Å². The van der Waals surface area contributed by atoms with Gasteiger partial charge < -0.3 is 16.0 Å². The molecule has 0 bridgehead atoms. The van der Waals surface area contributed by atoms with Gasteiger partial charge in [0.15, 0.2) is 0 Å². The molecule has 1 atom stereocenters. The molecule has 0 saturated carbocycles. The van der Waals surface area contributed by atoms with Gasteiger partial charge >= 0.3 is 0 Å². The van der Waals surface area contributed by atoms with E-state index in [1.807, 2.05) is 0 Å². The summed E-state index contributed by atoms with van der Waals surface area (Å²) in [4.78, 5) is 29.0. The van der Waals surface area contributed by atoms with E-state index in [4.69, 9.17) is 5.73 Å². The number of rotatable bonds is 5. The van der Waals surface area contributed by atoms with Gasteiger partial charge in [-0.25, -0.2) is 0 Å². The zero-order chi connectivity index (χ0) is 14.4. The lowest BCUT2D eigenvalue weighted by atomic mass is 10.1. The van der Waals surface area contributed by atoms with E-state index in [2.05, 4.69) is 10.3 Å². The minimum absolute atomic E-state index is 0.0759. The molecular weight excluding hydrogens is 244 g/mol. The number of carbonyl (C=O) groups excluding carboxylic acids is 2. The molecule has 0 aromatic carbocycles. The number of nitrogens with one attached hydrogen (secondary N) is 1. The summed E-state index contributed by atoms with van der Waals surface area (Å²) in [6.45, 7) is 2.16. The minimum Gasteiger partial charge on any atom is -0.397 e. The van der Waals surface area contributed by atoms with Gasteiger partial charge in [0.1, 0.15) is 0 Å². The molecule has 0 aliphatic carbocycles. The number of carbonyl (C=O) groups is 2. The molecule has 0 radical (unpaired) electrons. The zero-order valence-corrected chi connectivity index (χ0v) is 11.5. The molecule has 104 valence electrons. The van der Waals surface area contributed by atoms with Crippen molar-refractivity contribution in [1.29, 1.82) is 0 Å². The molecule has 1 aromatic rings. The third-order valence-corrected chi connectivity index (χ3v) is 2.85. The highest BCUT2D eigenvalue weighted by atomic mass is 16.2. The Balaban J connectivity index is 2.53. The first kappa shape index (κ1) is 14.9. The van der Waals surface area contributed by atoms with Gasteiger partial charge in [-0.05, 0) is 12.1 Å². The van der Waals surface area contributed by atoms with Crippen LogP contribution in [-0.2, 0) is 16.0 Å². The Kier molecular flexibility index (Phi) is 5.29. The molecule has 1 heterocycles. The van der Waals surface area contributed by atoms with Crippen LogP contribution in [0.5, 0.6) is 0 Å². The third kappa shape index (κ3) is 4.57. The summed E-state index contributed by atoms with van der Waals surface area (Å²) in [5.41, 5.74) is 6.76. The highest BCUT2D eigenvalue weighted by Crippen LogP contribution is 2.05. The van der Waals surface area contributed by atoms with Crippen LogP contribution in [0.4, 0.5) is 5.69 Å². The highest BCUT2D eigenvalue weighted by Gasteiger charge is 2.17. The number of hydrogen-bond acceptors (Lipinski definition) is 4. The zero-order valence-electron chi connectivity index (χ0n) is 11.5. The molecule has 1 unspecified atom stereocenters. The number of nitrogen functional groups attached to an aromatic ring is 1. The highest BCUT2D eigenvalue weighted by molar-refractivity contribution is 5.81. The first-order valence-electron chi connectivity index (χ1n) is 6.10. The largest absolute Gasteiger partial charge is 0.397 e. The smallest absolute Gasteiger partial charge is 0.228 e. The monoisotopic (exact) mass is 264 g/mol. The van der Waals surface area contributed by atoms with Crippen molar-refractivity contribution >= 4 is 17.5 Å². The van der Waals surface area contributed by atoms with Crippen LogP contribution in [0.1, 0.15) is 12.6 Å². The summed E-state index contributed by atoms with van der Waals surface area (Å²) in [5, 5.41) is 2.56. The third-order valence-electron chi connectivity index (χ3n) is 2.85. The van der Waals surface area contributed by atoms with Crippen LogP contribution in [0.15, 0.2) is 18.3 Å². The van der Waals surface area contributed by atoms with Crippen molar-refractivity contribution in [3.8, 4) is 0 Å². The van der Waals surface area contributed by atoms with Crippen LogP contribution in [-0.4, -0.2) is 42.3 Å². The van der Waals surface area contributed by atoms with Crippen molar-refractivity contribution in [3.05, 3.63) is 24.0 Å². The maximum absolute atomic E-state index is 12.0. The summed E-state index contributed by atoms with van der Waals surface area (Å²) in [6, 6.07) is 3.44. The average molecular weight is 264 g/mol. The van der Waals surface area contributed by atoms with Gasteiger partial charge in [-0.1, -0.05) is 6.92 Å². The van der Waals surface area contributed by atoms with Gasteiger partial charge in [-0.3, -0.25) is 14.6 Å². The molecule has 0 aliphatic rings. The van der Waals surface area contributed by atoms with E-state index < -0.39 is 0 Å². The summed E-state index contributed by atoms with van der Waals surface area (Å²) in [6.07, 6.45) is 1.73. The molecule has 2 amide bonds. The van der Waals surface area contributed by atoms with Crippen LogP contribution in [0, 0.1) is 5.92 Å². The van der Waals surface area contributed by atoms with Crippen LogP contribution in [0.25, 0.3) is 0 Å². The Morgan fingerprint density at radius 2 is 2.16 bits per heavy atom. The van der Waals surface area contributed by atoms with E-state index in [0.717, 1.165) is 0 Å². The number of pyridine rings is 1. The van der Waals surface area contributed by atoms with Crippen molar-refractivity contribution in [2.45, 2.75) is 13.3 Å². The molecule has 0 aliphatic heterocycles. The Bertz CT molecular complexity index is 444. The second-order valence-corrected chi connectivity index (χ2v) is 4.55. The molecule has 0 fully saturated rings. The predicted molar refractivity (Wildman–Crippen MR) is 73.2 cm³/mol. The number of amides is 2. The summed E-state index contributed by atoms with van der Waals surface area (Å²) in [7, 11) is 3.26. The van der Waals surface area contributed by atoms with Crippen LogP contribution in [0.3, 0.4) is 0 Å². The second-order valence-electron chi connectivity index (χ2n) is 4.55. The maximum atomic E-state index is 12.0. The summed E-state index contributed by atoms with van der Waals surface area (Å²) in [5.74, 6) is -0.392. The van der Waals surface area contributed by atoms with Crippen molar-refractivity contribution in [2.75, 3.05) is 26.4 Å². The second kappa shape index (κ2) is 6.72. The van der Waals surface area contributed by atoms with E-state index in [-0.39, 0.29) is 24.2 Å². The lowest BCUT2D eigenvalue weighted by Crippen LogP contribution is -2.38. The fourth-order valence-corrected chi connectivity index (χ4v) is 1.67. The fourth-order valence-electron chi connectivity index (χ4n) is 1.67. The number of nitrogens with two attached hydrogens (primary N) is 1. The molecule has 6 heteroatoms. The molecule has 0 spiro atoms. The van der Waals surface area contributed by atoms with Gasteiger partial charge in [-0.2, -0.15) is 0 Å². The fraction of sp³-hybridized carbons (Fsp3) is 0.462. The van der Waals surface area contributed by atoms with Crippen molar-refractivity contribution < 1.29 is 9.59 Å². The standard InChI is InChI=1S/C13H20N4O2/c1-9(13(19)15-2)8-17(3)12(18)6-11-5-4-10(14)7-16-11/h4-5,7,9H,6,8,14H2,1-3H3,(H,15,19). The number of hydrogen-bond donors (Lipinski definition) is 2. The van der Waals surface area contributed by atoms with E-state index in [1.54, 1.807) is 33.2 Å². The lowest BCUT2D eigenvalue weighted by molar-refractivity contribution is -0.131. The number of nitrogens with zero attached hydrogens (tertiary/aromatic N) is 2. The normalized spacial score (nSPS) is 11.7. The minimum atomic E-state index is -0.238. The molecule has 1 aromatic heterocycles. The number of anilines is 1. The van der Waals surface area contributed by atoms with Crippen molar-refractivity contribution in [1.82, 2.24) is 15.2 Å². The van der Waals surface area contributed by atoms with E-state index in [1.165, 1.54) is 11.1 Å². The number of likely N-dealkylation sites (N-methyl/N-ethyl adjacent to an activating group) is 1. The summed E-state index contributed by atoms with van der Waals surface area (Å²) >= 11 is 0. The van der Waals surface area contributed by atoms with Crippen LogP contribution in [0.2, 0.25) is 0 Å². The molecule has 0 saturated heterocycles. The Morgan fingerprint density at radius 3 is 2.68 bits per heavy atom. The Hall–Kier alpha value is -2.11. The lowest BCUT2D eigenvalue weighted by Gasteiger charge is -2.20. The SMILES string of the molecule is CNC(=O)C(C)CN(C)C(=O)Cc1ccc(N)cn1. The first-order chi connectivity index (χ1) is 8.93. The van der Waals surface area contributed by atoms with Gasteiger partial charge in [0.25, 0.3) is 0 Å². The quantitative estimate of drug-likeness (QED) is 0.786. The molecule has 1 rings (SSSR count). The number of aromatic nitrogens is 1. The van der Waals surface area contributed by atoms with Gasteiger partial charge in [0.05, 0.1) is 24.2 Å². The van der Waals surface area contributed by atoms with Gasteiger partial charge in [0, 0.05) is 26.3 Å². The first-order valence-corrected chi connectivity index (χ1v) is 6.10. The van der Waals surface area contributed by atoms with Gasteiger partial charge in [0.2, 0.25) is 11.8 Å². The van der Waals surface area contributed by atoms with E-state index in [0.29, 0.717) is 17.9 Å². The average Bonchev–Trinajstić information content (AvgIpc) is 2.40. The Morgan fingerprint density at radius 1 is 1.47 bits per heavy atom. The molecule has 3 N–H and O–H groups in total. The van der Waals surface area contributed by atoms with E-state index in [9.17, 15) is 9.59 Å². The Labute approximate surface area is 113 Å². The van der Waals surface area contributed by atoms with E-state index >= 15 is 0 Å². The summed E-state index contributed by atoms with van der Waals surface area (Å²) < 4.78 is 0. The predicted octanol–water partition coefficient (Wildman–Crippen LogP) is 0.0468. The molecule has 19 heavy (non-hydrogen) atoms. The molecule has 6 nitrogen and oxygen atoms in total. The van der Waals surface area contributed by atoms with Gasteiger partial charge in [-0.15, -0.1) is 0 Å².